The van der Waals surface area contributed by atoms with Gasteiger partial charge in [-0.25, -0.2) is 13.1 Å². The highest BCUT2D eigenvalue weighted by atomic mass is 32.2. The average molecular weight is 344 g/mol. The van der Waals surface area contributed by atoms with Crippen molar-refractivity contribution in [2.45, 2.75) is 23.1 Å². The Balaban J connectivity index is 2.16. The molecule has 0 aromatic heterocycles. The largest absolute Gasteiger partial charge is 0.385 e. The minimum absolute atomic E-state index is 0.0890. The Morgan fingerprint density at radius 3 is 2.95 bits per heavy atom. The summed E-state index contributed by atoms with van der Waals surface area (Å²) in [4.78, 5) is 12.9. The van der Waals surface area contributed by atoms with Crippen molar-refractivity contribution in [3.05, 3.63) is 18.2 Å². The topological polar surface area (TPSA) is 84.5 Å². The molecule has 1 aliphatic heterocycles. The van der Waals surface area contributed by atoms with Crippen LogP contribution in [0.25, 0.3) is 0 Å². The minimum atomic E-state index is -3.58. The van der Waals surface area contributed by atoms with E-state index in [1.165, 1.54) is 6.07 Å². The van der Waals surface area contributed by atoms with Gasteiger partial charge in [-0.3, -0.25) is 4.79 Å². The van der Waals surface area contributed by atoms with E-state index in [1.807, 2.05) is 6.92 Å². The first-order valence-corrected chi connectivity index (χ1v) is 9.47. The maximum Gasteiger partial charge on any atom is 0.240 e. The van der Waals surface area contributed by atoms with E-state index in [4.69, 9.17) is 4.74 Å². The van der Waals surface area contributed by atoms with Crippen LogP contribution in [0.4, 0.5) is 5.69 Å². The number of thioether (sulfide) groups is 1. The van der Waals surface area contributed by atoms with Crippen LogP contribution in [-0.2, 0) is 19.6 Å². The van der Waals surface area contributed by atoms with Crippen molar-refractivity contribution in [1.29, 1.82) is 0 Å². The average Bonchev–Trinajstić information content (AvgIpc) is 2.63. The van der Waals surface area contributed by atoms with E-state index in [1.54, 1.807) is 31.0 Å². The third kappa shape index (κ3) is 4.22. The first kappa shape index (κ1) is 17.3. The maximum absolute atomic E-state index is 12.2. The van der Waals surface area contributed by atoms with Gasteiger partial charge in [-0.2, -0.15) is 0 Å². The van der Waals surface area contributed by atoms with Gasteiger partial charge in [0.15, 0.2) is 0 Å². The monoisotopic (exact) mass is 344 g/mol. The minimum Gasteiger partial charge on any atom is -0.385 e. The molecule has 22 heavy (non-hydrogen) atoms. The van der Waals surface area contributed by atoms with Gasteiger partial charge in [-0.15, -0.1) is 11.8 Å². The molecular weight excluding hydrogens is 324 g/mol. The molecule has 0 aliphatic carbocycles. The van der Waals surface area contributed by atoms with Crippen molar-refractivity contribution in [2.24, 2.45) is 5.92 Å². The number of carbonyl (C=O) groups excluding carboxylic acids is 1. The molecule has 122 valence electrons. The molecule has 1 heterocycles. The second-order valence-corrected chi connectivity index (χ2v) is 7.93. The number of amides is 1. The lowest BCUT2D eigenvalue weighted by molar-refractivity contribution is -0.118. The van der Waals surface area contributed by atoms with Crippen molar-refractivity contribution in [1.82, 2.24) is 4.72 Å². The number of ether oxygens (including phenoxy) is 1. The fourth-order valence-electron chi connectivity index (χ4n) is 1.95. The zero-order chi connectivity index (χ0) is 16.2. The molecule has 0 fully saturated rings. The third-order valence-electron chi connectivity index (χ3n) is 3.27. The molecule has 1 aromatic carbocycles. The van der Waals surface area contributed by atoms with Crippen LogP contribution < -0.4 is 10.0 Å². The predicted octanol–water partition coefficient (Wildman–Crippen LogP) is 1.68. The number of hydrogen-bond acceptors (Lipinski definition) is 5. The van der Waals surface area contributed by atoms with Crippen LogP contribution in [0.15, 0.2) is 28.0 Å². The lowest BCUT2D eigenvalue weighted by Crippen LogP contribution is -2.26. The van der Waals surface area contributed by atoms with Crippen molar-refractivity contribution in [2.75, 3.05) is 31.3 Å². The normalized spacial score (nSPS) is 18.5. The van der Waals surface area contributed by atoms with E-state index in [0.29, 0.717) is 31.0 Å². The fraction of sp³-hybridized carbons (Fsp3) is 0.500. The molecule has 1 aliphatic rings. The Labute approximate surface area is 135 Å². The first-order valence-electron chi connectivity index (χ1n) is 7.00. The number of hydrogen-bond donors (Lipinski definition) is 2. The zero-order valence-corrected chi connectivity index (χ0v) is 14.2. The van der Waals surface area contributed by atoms with Gasteiger partial charge in [0.2, 0.25) is 15.9 Å². The van der Waals surface area contributed by atoms with Gasteiger partial charge < -0.3 is 10.1 Å². The molecule has 2 N–H and O–H groups in total. The summed E-state index contributed by atoms with van der Waals surface area (Å²) < 4.78 is 31.9. The van der Waals surface area contributed by atoms with Gasteiger partial charge in [-0.1, -0.05) is 6.92 Å². The summed E-state index contributed by atoms with van der Waals surface area (Å²) in [5.41, 5.74) is 0.555. The zero-order valence-electron chi connectivity index (χ0n) is 12.6. The van der Waals surface area contributed by atoms with Crippen LogP contribution in [0.1, 0.15) is 13.3 Å². The summed E-state index contributed by atoms with van der Waals surface area (Å²) in [7, 11) is -2.01. The second-order valence-electron chi connectivity index (χ2n) is 5.10. The van der Waals surface area contributed by atoms with E-state index in [9.17, 15) is 13.2 Å². The summed E-state index contributed by atoms with van der Waals surface area (Å²) >= 11 is 1.55. The summed E-state index contributed by atoms with van der Waals surface area (Å²) in [5, 5.41) is 2.79. The highest BCUT2D eigenvalue weighted by Crippen LogP contribution is 2.34. The number of fused-ring (bicyclic) bond motifs is 1. The van der Waals surface area contributed by atoms with E-state index in [0.717, 1.165) is 4.90 Å². The highest BCUT2D eigenvalue weighted by Gasteiger charge is 2.22. The Hall–Kier alpha value is -1.09. The third-order valence-corrected chi connectivity index (χ3v) is 6.07. The van der Waals surface area contributed by atoms with Gasteiger partial charge >= 0.3 is 0 Å². The number of anilines is 1. The standard InChI is InChI=1S/C14H20N2O4S2/c1-10-9-21-13-5-4-11(8-12(13)16-14(10)17)22(18,19)15-6-3-7-20-2/h4-5,8,10,15H,3,6-7,9H2,1-2H3,(H,16,17)/t10-/m0/s1. The molecule has 1 atom stereocenters. The highest BCUT2D eigenvalue weighted by molar-refractivity contribution is 7.99. The molecular formula is C14H20N2O4S2. The summed E-state index contributed by atoms with van der Waals surface area (Å²) in [6.45, 7) is 2.66. The van der Waals surface area contributed by atoms with Gasteiger partial charge in [0.1, 0.15) is 0 Å². The fourth-order valence-corrected chi connectivity index (χ4v) is 4.06. The molecule has 6 nitrogen and oxygen atoms in total. The van der Waals surface area contributed by atoms with Crippen molar-refractivity contribution >= 4 is 33.4 Å². The van der Waals surface area contributed by atoms with Crippen LogP contribution >= 0.6 is 11.8 Å². The van der Waals surface area contributed by atoms with Crippen LogP contribution in [0.5, 0.6) is 0 Å². The van der Waals surface area contributed by atoms with Gasteiger partial charge in [0, 0.05) is 36.8 Å². The molecule has 0 saturated heterocycles. The van der Waals surface area contributed by atoms with Gasteiger partial charge in [0.25, 0.3) is 0 Å². The Kier molecular flexibility index (Phi) is 5.85. The van der Waals surface area contributed by atoms with E-state index < -0.39 is 10.0 Å². The van der Waals surface area contributed by atoms with Crippen LogP contribution in [0, 0.1) is 5.92 Å². The van der Waals surface area contributed by atoms with Crippen molar-refractivity contribution in [3.8, 4) is 0 Å². The van der Waals surface area contributed by atoms with Gasteiger partial charge in [0.05, 0.1) is 10.6 Å². The van der Waals surface area contributed by atoms with Crippen molar-refractivity contribution in [3.63, 3.8) is 0 Å². The predicted molar refractivity (Wildman–Crippen MR) is 86.6 cm³/mol. The van der Waals surface area contributed by atoms with Crippen LogP contribution in [0.3, 0.4) is 0 Å². The van der Waals surface area contributed by atoms with Crippen molar-refractivity contribution < 1.29 is 17.9 Å². The lowest BCUT2D eigenvalue weighted by atomic mass is 10.2. The number of rotatable bonds is 6. The van der Waals surface area contributed by atoms with Crippen LogP contribution in [0.2, 0.25) is 0 Å². The van der Waals surface area contributed by atoms with E-state index in [-0.39, 0.29) is 16.7 Å². The molecule has 0 spiro atoms. The quantitative estimate of drug-likeness (QED) is 0.767. The molecule has 8 heteroatoms. The Morgan fingerprint density at radius 1 is 1.45 bits per heavy atom. The molecule has 1 amide bonds. The number of methoxy groups -OCH3 is 1. The number of benzene rings is 1. The van der Waals surface area contributed by atoms with E-state index >= 15 is 0 Å². The molecule has 1 aromatic rings. The lowest BCUT2D eigenvalue weighted by Gasteiger charge is -2.11. The summed E-state index contributed by atoms with van der Waals surface area (Å²) in [5.74, 6) is 0.485. The van der Waals surface area contributed by atoms with E-state index in [2.05, 4.69) is 10.0 Å². The van der Waals surface area contributed by atoms with Crippen LogP contribution in [-0.4, -0.2) is 40.3 Å². The molecule has 0 unspecified atom stereocenters. The first-order chi connectivity index (χ1) is 10.4. The second kappa shape index (κ2) is 7.45. The number of carbonyl (C=O) groups is 1. The van der Waals surface area contributed by atoms with Gasteiger partial charge in [-0.05, 0) is 24.6 Å². The molecule has 0 saturated carbocycles. The Morgan fingerprint density at radius 2 is 2.23 bits per heavy atom. The summed E-state index contributed by atoms with van der Waals surface area (Å²) in [6, 6.07) is 4.81. The molecule has 0 bridgehead atoms. The number of sulfonamides is 1. The number of nitrogens with one attached hydrogen (secondary N) is 2. The molecule has 0 radical (unpaired) electrons. The summed E-state index contributed by atoms with van der Waals surface area (Å²) in [6.07, 6.45) is 0.602. The maximum atomic E-state index is 12.2. The molecule has 2 rings (SSSR count). The smallest absolute Gasteiger partial charge is 0.240 e. The SMILES string of the molecule is COCCCNS(=O)(=O)c1ccc2c(c1)NC(=O)[C@@H](C)CS2. The Bertz CT molecular complexity index is 646.